The summed E-state index contributed by atoms with van der Waals surface area (Å²) < 4.78 is 4.26. The third-order valence-corrected chi connectivity index (χ3v) is 6.36. The van der Waals surface area contributed by atoms with Crippen molar-refractivity contribution in [3.63, 3.8) is 0 Å². The first-order valence-electron chi connectivity index (χ1n) is 9.03. The summed E-state index contributed by atoms with van der Waals surface area (Å²) in [6, 6.07) is 18.3. The molecule has 0 spiro atoms. The van der Waals surface area contributed by atoms with Gasteiger partial charge >= 0.3 is 0 Å². The number of thioether (sulfide) groups is 1. The van der Waals surface area contributed by atoms with Crippen molar-refractivity contribution >= 4 is 55.7 Å². The maximum atomic E-state index is 12.0. The molecule has 0 radical (unpaired) electrons. The average Bonchev–Trinajstić information content (AvgIpc) is 2.96. The lowest BCUT2D eigenvalue weighted by Gasteiger charge is -2.09. The summed E-state index contributed by atoms with van der Waals surface area (Å²) in [6.45, 7) is 4.11. The van der Waals surface area contributed by atoms with Crippen LogP contribution in [0.3, 0.4) is 0 Å². The molecule has 150 valence electrons. The Labute approximate surface area is 192 Å². The summed E-state index contributed by atoms with van der Waals surface area (Å²) in [6.07, 6.45) is 1.70. The molecule has 0 atom stereocenters. The van der Waals surface area contributed by atoms with Crippen LogP contribution in [0.5, 0.6) is 0 Å². The Hall–Kier alpha value is -1.83. The van der Waals surface area contributed by atoms with Crippen LogP contribution in [0.2, 0.25) is 0 Å². The highest BCUT2D eigenvalue weighted by Gasteiger charge is 2.09. The topological polar surface area (TPSA) is 46.4 Å². The van der Waals surface area contributed by atoms with Crippen molar-refractivity contribution in [1.82, 2.24) is 9.99 Å². The van der Waals surface area contributed by atoms with E-state index >= 15 is 0 Å². The Morgan fingerprint density at radius 2 is 1.86 bits per heavy atom. The molecule has 1 N–H and O–H groups in total. The first-order valence-corrected chi connectivity index (χ1v) is 11.8. The van der Waals surface area contributed by atoms with Gasteiger partial charge in [0.25, 0.3) is 0 Å². The molecule has 2 aromatic carbocycles. The number of halogens is 2. The highest BCUT2D eigenvalue weighted by molar-refractivity contribution is 9.10. The molecule has 0 aliphatic carbocycles. The smallest absolute Gasteiger partial charge is 0.250 e. The number of benzene rings is 2. The normalized spacial score (nSPS) is 11.2. The van der Waals surface area contributed by atoms with Crippen LogP contribution in [0.1, 0.15) is 22.5 Å². The van der Waals surface area contributed by atoms with E-state index in [0.29, 0.717) is 5.75 Å². The average molecular weight is 535 g/mol. The van der Waals surface area contributed by atoms with Gasteiger partial charge < -0.3 is 4.57 Å². The first kappa shape index (κ1) is 21.9. The van der Waals surface area contributed by atoms with Gasteiger partial charge in [0, 0.05) is 37.3 Å². The van der Waals surface area contributed by atoms with Gasteiger partial charge in [-0.15, -0.1) is 11.8 Å². The van der Waals surface area contributed by atoms with Crippen LogP contribution in [0.15, 0.2) is 68.6 Å². The Morgan fingerprint density at radius 1 is 1.10 bits per heavy atom. The lowest BCUT2D eigenvalue weighted by molar-refractivity contribution is -0.118. The number of hydrogen-bond acceptors (Lipinski definition) is 3. The van der Waals surface area contributed by atoms with E-state index < -0.39 is 0 Å². The maximum absolute atomic E-state index is 12.0. The van der Waals surface area contributed by atoms with Gasteiger partial charge in [-0.2, -0.15) is 5.10 Å². The van der Waals surface area contributed by atoms with Gasteiger partial charge in [-0.05, 0) is 61.9 Å². The molecule has 0 saturated heterocycles. The predicted molar refractivity (Wildman–Crippen MR) is 129 cm³/mol. The van der Waals surface area contributed by atoms with E-state index in [-0.39, 0.29) is 5.91 Å². The molecule has 1 aromatic heterocycles. The summed E-state index contributed by atoms with van der Waals surface area (Å²) in [7, 11) is 0. The number of aryl methyl sites for hydroxylation is 1. The second kappa shape index (κ2) is 10.3. The van der Waals surface area contributed by atoms with Crippen molar-refractivity contribution in [3.8, 4) is 5.69 Å². The molecule has 3 rings (SSSR count). The maximum Gasteiger partial charge on any atom is 0.250 e. The van der Waals surface area contributed by atoms with Crippen LogP contribution in [0.4, 0.5) is 0 Å². The van der Waals surface area contributed by atoms with E-state index in [1.807, 2.05) is 31.2 Å². The molecule has 0 aliphatic heterocycles. The Morgan fingerprint density at radius 3 is 2.59 bits per heavy atom. The SMILES string of the molecule is Cc1cc(/C=N\NC(=O)CSCc2cccc(Br)c2)c(C)n1-c1ccc(Br)cc1. The van der Waals surface area contributed by atoms with E-state index in [9.17, 15) is 4.79 Å². The second-order valence-electron chi connectivity index (χ2n) is 6.55. The van der Waals surface area contributed by atoms with Crippen molar-refractivity contribution in [2.75, 3.05) is 5.75 Å². The zero-order valence-electron chi connectivity index (χ0n) is 16.2. The Bertz CT molecular complexity index is 1030. The monoisotopic (exact) mass is 533 g/mol. The van der Waals surface area contributed by atoms with Crippen molar-refractivity contribution in [1.29, 1.82) is 0 Å². The van der Waals surface area contributed by atoms with E-state index in [2.05, 4.69) is 84.2 Å². The number of hydrazone groups is 1. The van der Waals surface area contributed by atoms with Gasteiger partial charge in [0.2, 0.25) is 5.91 Å². The van der Waals surface area contributed by atoms with Crippen LogP contribution in [-0.4, -0.2) is 22.4 Å². The van der Waals surface area contributed by atoms with Crippen molar-refractivity contribution in [2.24, 2.45) is 5.10 Å². The molecule has 0 fully saturated rings. The first-order chi connectivity index (χ1) is 13.9. The Kier molecular flexibility index (Phi) is 7.75. The van der Waals surface area contributed by atoms with Gasteiger partial charge in [-0.25, -0.2) is 5.43 Å². The highest BCUT2D eigenvalue weighted by Crippen LogP contribution is 2.21. The lowest BCUT2D eigenvalue weighted by atomic mass is 10.2. The second-order valence-corrected chi connectivity index (χ2v) is 9.37. The zero-order chi connectivity index (χ0) is 20.8. The van der Waals surface area contributed by atoms with E-state index in [4.69, 9.17) is 0 Å². The number of nitrogens with zero attached hydrogens (tertiary/aromatic N) is 2. The van der Waals surface area contributed by atoms with Crippen molar-refractivity contribution in [2.45, 2.75) is 19.6 Å². The fourth-order valence-electron chi connectivity index (χ4n) is 3.00. The van der Waals surface area contributed by atoms with Crippen LogP contribution < -0.4 is 5.43 Å². The molecule has 0 unspecified atom stereocenters. The van der Waals surface area contributed by atoms with Gasteiger partial charge in [0.15, 0.2) is 0 Å². The fourth-order valence-corrected chi connectivity index (χ4v) is 4.48. The number of hydrogen-bond donors (Lipinski definition) is 1. The van der Waals surface area contributed by atoms with Gasteiger partial charge in [0.1, 0.15) is 0 Å². The summed E-state index contributed by atoms with van der Waals surface area (Å²) in [4.78, 5) is 12.0. The Balaban J connectivity index is 1.55. The molecule has 0 aliphatic rings. The molecule has 1 amide bonds. The number of rotatable bonds is 7. The molecule has 29 heavy (non-hydrogen) atoms. The van der Waals surface area contributed by atoms with Gasteiger partial charge in [-0.3, -0.25) is 4.79 Å². The van der Waals surface area contributed by atoms with Crippen LogP contribution in [0.25, 0.3) is 5.69 Å². The van der Waals surface area contributed by atoms with Crippen LogP contribution >= 0.6 is 43.6 Å². The van der Waals surface area contributed by atoms with Crippen LogP contribution in [-0.2, 0) is 10.5 Å². The van der Waals surface area contributed by atoms with Crippen molar-refractivity contribution < 1.29 is 4.79 Å². The summed E-state index contributed by atoms with van der Waals surface area (Å²) in [5, 5.41) is 4.14. The summed E-state index contributed by atoms with van der Waals surface area (Å²) in [5.74, 6) is 1.04. The standard InChI is InChI=1S/C22H21Br2N3OS/c1-15-10-18(16(2)27(15)21-8-6-19(23)7-9-21)12-25-26-22(28)14-29-13-17-4-3-5-20(24)11-17/h3-12H,13-14H2,1-2H3,(H,26,28)/b25-12-. The minimum Gasteiger partial charge on any atom is -0.318 e. The molecule has 4 nitrogen and oxygen atoms in total. The fraction of sp³-hybridized carbons (Fsp3) is 0.182. The van der Waals surface area contributed by atoms with Crippen molar-refractivity contribution in [3.05, 3.63) is 86.1 Å². The number of amides is 1. The number of carbonyl (C=O) groups is 1. The highest BCUT2D eigenvalue weighted by atomic mass is 79.9. The van der Waals surface area contributed by atoms with Crippen LogP contribution in [0, 0.1) is 13.8 Å². The van der Waals surface area contributed by atoms with E-state index in [1.165, 1.54) is 5.56 Å². The minimum atomic E-state index is -0.108. The molecule has 0 saturated carbocycles. The van der Waals surface area contributed by atoms with E-state index in [1.54, 1.807) is 18.0 Å². The summed E-state index contributed by atoms with van der Waals surface area (Å²) in [5.41, 5.74) is 8.06. The molecular weight excluding hydrogens is 514 g/mol. The molecule has 0 bridgehead atoms. The number of carbonyl (C=O) groups excluding carboxylic acids is 1. The molecule has 7 heteroatoms. The largest absolute Gasteiger partial charge is 0.318 e. The summed E-state index contributed by atoms with van der Waals surface area (Å²) >= 11 is 8.49. The number of nitrogens with one attached hydrogen (secondary N) is 1. The quantitative estimate of drug-likeness (QED) is 0.298. The minimum absolute atomic E-state index is 0.108. The molecule has 3 aromatic rings. The molecular formula is C22H21Br2N3OS. The van der Waals surface area contributed by atoms with Gasteiger partial charge in [-0.1, -0.05) is 44.0 Å². The number of aromatic nitrogens is 1. The van der Waals surface area contributed by atoms with Gasteiger partial charge in [0.05, 0.1) is 12.0 Å². The third kappa shape index (κ3) is 6.07. The predicted octanol–water partition coefficient (Wildman–Crippen LogP) is 6.00. The third-order valence-electron chi connectivity index (χ3n) is 4.34. The lowest BCUT2D eigenvalue weighted by Crippen LogP contribution is -2.19. The van der Waals surface area contributed by atoms with E-state index in [0.717, 1.165) is 37.3 Å². The molecule has 1 heterocycles. The zero-order valence-corrected chi connectivity index (χ0v) is 20.1.